The molecule has 1 aliphatic heterocycles. The Bertz CT molecular complexity index is 403. The smallest absolute Gasteiger partial charge is 0.185 e. The molecule has 1 unspecified atom stereocenters. The molecule has 1 aromatic rings. The van der Waals surface area contributed by atoms with E-state index >= 15 is 0 Å². The average Bonchev–Trinajstić information content (AvgIpc) is 2.71. The number of anilines is 1. The molecule has 2 heterocycles. The fraction of sp³-hybridized carbons (Fsp3) is 0.786. The highest BCUT2D eigenvalue weighted by molar-refractivity contribution is 8.00. The van der Waals surface area contributed by atoms with Gasteiger partial charge < -0.3 is 10.2 Å². The Hall–Kier alpha value is -0.260. The first-order valence-electron chi connectivity index (χ1n) is 7.10. The second-order valence-electron chi connectivity index (χ2n) is 5.66. The molecule has 0 saturated carbocycles. The number of thioether (sulfide) groups is 1. The second kappa shape index (κ2) is 6.95. The number of aryl methyl sites for hydroxylation is 1. The minimum absolute atomic E-state index is 0.702. The predicted molar refractivity (Wildman–Crippen MR) is 87.5 cm³/mol. The fourth-order valence-corrected chi connectivity index (χ4v) is 4.26. The van der Waals surface area contributed by atoms with Gasteiger partial charge in [0.2, 0.25) is 0 Å². The average molecular weight is 300 g/mol. The molecule has 5 heteroatoms. The van der Waals surface area contributed by atoms with Crippen LogP contribution in [0, 0.1) is 12.8 Å². The molecule has 1 N–H and O–H groups in total. The third-order valence-corrected chi connectivity index (χ3v) is 5.59. The first kappa shape index (κ1) is 15.1. The van der Waals surface area contributed by atoms with Crippen molar-refractivity contribution in [1.29, 1.82) is 0 Å². The highest BCUT2D eigenvalue weighted by atomic mass is 32.2. The normalized spacial score (nSPS) is 20.3. The highest BCUT2D eigenvalue weighted by Gasteiger charge is 2.20. The van der Waals surface area contributed by atoms with Gasteiger partial charge in [0.25, 0.3) is 0 Å². The minimum Gasteiger partial charge on any atom is -0.346 e. The maximum absolute atomic E-state index is 4.76. The van der Waals surface area contributed by atoms with Crippen molar-refractivity contribution in [3.05, 3.63) is 10.6 Å². The van der Waals surface area contributed by atoms with Crippen molar-refractivity contribution in [3.8, 4) is 0 Å². The first-order valence-corrected chi connectivity index (χ1v) is 8.96. The summed E-state index contributed by atoms with van der Waals surface area (Å²) in [4.78, 5) is 8.60. The van der Waals surface area contributed by atoms with Gasteiger partial charge in [0.15, 0.2) is 5.13 Å². The van der Waals surface area contributed by atoms with Crippen LogP contribution in [0.3, 0.4) is 0 Å². The molecule has 0 spiro atoms. The van der Waals surface area contributed by atoms with Crippen LogP contribution in [0.1, 0.15) is 31.3 Å². The number of aromatic nitrogens is 1. The van der Waals surface area contributed by atoms with E-state index in [4.69, 9.17) is 4.98 Å². The molecule has 0 aliphatic carbocycles. The Balaban J connectivity index is 1.95. The lowest BCUT2D eigenvalue weighted by atomic mass is 10.2. The molecule has 19 heavy (non-hydrogen) atoms. The van der Waals surface area contributed by atoms with Crippen LogP contribution in [-0.4, -0.2) is 35.6 Å². The van der Waals surface area contributed by atoms with Gasteiger partial charge in [-0.1, -0.05) is 20.8 Å². The molecule has 108 valence electrons. The zero-order chi connectivity index (χ0) is 13.8. The maximum Gasteiger partial charge on any atom is 0.185 e. The van der Waals surface area contributed by atoms with Gasteiger partial charge in [0.05, 0.1) is 5.69 Å². The molecular formula is C14H25N3S2. The fourth-order valence-electron chi connectivity index (χ4n) is 2.18. The van der Waals surface area contributed by atoms with Crippen LogP contribution in [-0.2, 0) is 6.54 Å². The first-order chi connectivity index (χ1) is 9.06. The maximum atomic E-state index is 4.76. The van der Waals surface area contributed by atoms with E-state index in [-0.39, 0.29) is 0 Å². The van der Waals surface area contributed by atoms with Gasteiger partial charge in [-0.2, -0.15) is 11.8 Å². The number of hydrogen-bond donors (Lipinski definition) is 1. The summed E-state index contributed by atoms with van der Waals surface area (Å²) >= 11 is 3.93. The van der Waals surface area contributed by atoms with Gasteiger partial charge >= 0.3 is 0 Å². The molecule has 1 atom stereocenters. The van der Waals surface area contributed by atoms with Crippen molar-refractivity contribution in [1.82, 2.24) is 10.3 Å². The lowest BCUT2D eigenvalue weighted by molar-refractivity contribution is 0.554. The summed E-state index contributed by atoms with van der Waals surface area (Å²) in [6, 6.07) is 0. The van der Waals surface area contributed by atoms with E-state index in [0.29, 0.717) is 5.92 Å². The third kappa shape index (κ3) is 4.36. The van der Waals surface area contributed by atoms with Crippen molar-refractivity contribution in [2.24, 2.45) is 5.92 Å². The van der Waals surface area contributed by atoms with E-state index in [1.807, 2.05) is 11.3 Å². The summed E-state index contributed by atoms with van der Waals surface area (Å²) in [7, 11) is 0. The number of hydrogen-bond acceptors (Lipinski definition) is 5. The Morgan fingerprint density at radius 2 is 2.26 bits per heavy atom. The van der Waals surface area contributed by atoms with Crippen LogP contribution in [0.4, 0.5) is 5.13 Å². The molecule has 0 aromatic carbocycles. The van der Waals surface area contributed by atoms with Crippen LogP contribution in [0.25, 0.3) is 0 Å². The molecule has 1 aromatic heterocycles. The summed E-state index contributed by atoms with van der Waals surface area (Å²) in [5.74, 6) is 1.92. The number of nitrogens with one attached hydrogen (secondary N) is 1. The van der Waals surface area contributed by atoms with Gasteiger partial charge in [-0.05, 0) is 19.4 Å². The summed E-state index contributed by atoms with van der Waals surface area (Å²) in [6.45, 7) is 13.2. The summed E-state index contributed by atoms with van der Waals surface area (Å²) in [5.41, 5.74) is 1.20. The van der Waals surface area contributed by atoms with Crippen LogP contribution in [0.15, 0.2) is 0 Å². The van der Waals surface area contributed by atoms with Crippen molar-refractivity contribution in [3.63, 3.8) is 0 Å². The van der Waals surface area contributed by atoms with Crippen molar-refractivity contribution in [2.75, 3.05) is 30.3 Å². The predicted octanol–water partition coefficient (Wildman–Crippen LogP) is 3.14. The molecule has 1 fully saturated rings. The van der Waals surface area contributed by atoms with E-state index in [1.165, 1.54) is 21.5 Å². The van der Waals surface area contributed by atoms with E-state index in [9.17, 15) is 0 Å². The zero-order valence-corrected chi connectivity index (χ0v) is 14.0. The second-order valence-corrected chi connectivity index (χ2v) is 8.27. The number of nitrogens with zero attached hydrogens (tertiary/aromatic N) is 2. The zero-order valence-electron chi connectivity index (χ0n) is 12.4. The summed E-state index contributed by atoms with van der Waals surface area (Å²) in [5, 5.41) is 5.45. The Morgan fingerprint density at radius 3 is 2.95 bits per heavy atom. The quantitative estimate of drug-likeness (QED) is 0.904. The van der Waals surface area contributed by atoms with E-state index in [0.717, 1.165) is 31.4 Å². The Morgan fingerprint density at radius 1 is 1.47 bits per heavy atom. The van der Waals surface area contributed by atoms with Crippen LogP contribution >= 0.6 is 23.1 Å². The molecule has 2 rings (SSSR count). The lowest BCUT2D eigenvalue weighted by Gasteiger charge is -2.30. The monoisotopic (exact) mass is 299 g/mol. The highest BCUT2D eigenvalue weighted by Crippen LogP contribution is 2.29. The number of thiazole rings is 1. The van der Waals surface area contributed by atoms with E-state index in [1.54, 1.807) is 0 Å². The van der Waals surface area contributed by atoms with E-state index in [2.05, 4.69) is 49.7 Å². The largest absolute Gasteiger partial charge is 0.346 e. The van der Waals surface area contributed by atoms with Crippen molar-refractivity contribution < 1.29 is 0 Å². The lowest BCUT2D eigenvalue weighted by Crippen LogP contribution is -2.36. The van der Waals surface area contributed by atoms with Gasteiger partial charge in [0.1, 0.15) is 0 Å². The SMILES string of the molecule is Cc1nc(N2CCSC(C)C2)sc1CNCC(C)C. The topological polar surface area (TPSA) is 28.2 Å². The molecule has 1 aliphatic rings. The molecular weight excluding hydrogens is 274 g/mol. The third-order valence-electron chi connectivity index (χ3n) is 3.23. The number of rotatable bonds is 5. The van der Waals surface area contributed by atoms with Crippen molar-refractivity contribution >= 4 is 28.2 Å². The van der Waals surface area contributed by atoms with Gasteiger partial charge in [-0.15, -0.1) is 11.3 Å². The van der Waals surface area contributed by atoms with E-state index < -0.39 is 0 Å². The van der Waals surface area contributed by atoms with Crippen LogP contribution < -0.4 is 10.2 Å². The molecule has 0 amide bonds. The summed E-state index contributed by atoms with van der Waals surface area (Å²) in [6.07, 6.45) is 0. The molecule has 3 nitrogen and oxygen atoms in total. The van der Waals surface area contributed by atoms with Gasteiger partial charge in [-0.3, -0.25) is 0 Å². The van der Waals surface area contributed by atoms with Crippen molar-refractivity contribution in [2.45, 2.75) is 39.5 Å². The Labute approximate surface area is 125 Å². The molecule has 1 saturated heterocycles. The minimum atomic E-state index is 0.702. The van der Waals surface area contributed by atoms with Crippen LogP contribution in [0.2, 0.25) is 0 Å². The van der Waals surface area contributed by atoms with Crippen LogP contribution in [0.5, 0.6) is 0 Å². The van der Waals surface area contributed by atoms with Gasteiger partial charge in [-0.25, -0.2) is 4.98 Å². The standard InChI is InChI=1S/C14H25N3S2/c1-10(2)7-15-8-13-12(4)16-14(19-13)17-5-6-18-11(3)9-17/h10-11,15H,5-9H2,1-4H3. The molecule has 0 bridgehead atoms. The summed E-state index contributed by atoms with van der Waals surface area (Å²) < 4.78 is 0. The van der Waals surface area contributed by atoms with Gasteiger partial charge in [0, 0.05) is 35.5 Å². The Kier molecular flexibility index (Phi) is 5.54. The molecule has 0 radical (unpaired) electrons.